The molecule has 0 unspecified atom stereocenters. The Morgan fingerprint density at radius 2 is 1.76 bits per heavy atom. The number of hydrogen-bond donors (Lipinski definition) is 1. The summed E-state index contributed by atoms with van der Waals surface area (Å²) < 4.78 is 38.5. The molecule has 0 aliphatic heterocycles. The Morgan fingerprint density at radius 3 is 2.36 bits per heavy atom. The maximum absolute atomic E-state index is 12.5. The van der Waals surface area contributed by atoms with Gasteiger partial charge in [-0.25, -0.2) is 5.43 Å². The SMILES string of the molecule is C/C(CCc1ccccc1Br)=N\NC(=O)c1ccc(C(F)(F)F)cc1. The van der Waals surface area contributed by atoms with Gasteiger partial charge in [-0.05, 0) is 55.7 Å². The van der Waals surface area contributed by atoms with Crippen LogP contribution in [-0.4, -0.2) is 11.6 Å². The van der Waals surface area contributed by atoms with Crippen molar-refractivity contribution in [3.63, 3.8) is 0 Å². The van der Waals surface area contributed by atoms with Crippen molar-refractivity contribution in [2.45, 2.75) is 25.9 Å². The van der Waals surface area contributed by atoms with Crippen LogP contribution in [0.5, 0.6) is 0 Å². The van der Waals surface area contributed by atoms with E-state index in [-0.39, 0.29) is 5.56 Å². The summed E-state index contributed by atoms with van der Waals surface area (Å²) in [6, 6.07) is 11.8. The predicted octanol–water partition coefficient (Wildman–Crippen LogP) is 5.21. The maximum Gasteiger partial charge on any atom is 0.416 e. The van der Waals surface area contributed by atoms with Crippen molar-refractivity contribution in [3.8, 4) is 0 Å². The summed E-state index contributed by atoms with van der Waals surface area (Å²) >= 11 is 3.47. The van der Waals surface area contributed by atoms with E-state index in [4.69, 9.17) is 0 Å². The summed E-state index contributed by atoms with van der Waals surface area (Å²) in [5.74, 6) is -0.547. The average Bonchev–Trinajstić information content (AvgIpc) is 2.58. The Hall–Kier alpha value is -2.15. The van der Waals surface area contributed by atoms with Crippen LogP contribution in [0, 0.1) is 0 Å². The summed E-state index contributed by atoms with van der Waals surface area (Å²) in [4.78, 5) is 11.9. The lowest BCUT2D eigenvalue weighted by atomic mass is 10.1. The highest BCUT2D eigenvalue weighted by Crippen LogP contribution is 2.29. The zero-order valence-corrected chi connectivity index (χ0v) is 15.0. The molecule has 0 saturated carbocycles. The summed E-state index contributed by atoms with van der Waals surface area (Å²) in [7, 11) is 0. The number of aryl methyl sites for hydroxylation is 1. The Balaban J connectivity index is 1.91. The average molecular weight is 413 g/mol. The Labute approximate surface area is 152 Å². The van der Waals surface area contributed by atoms with Gasteiger partial charge < -0.3 is 0 Å². The number of hydrazone groups is 1. The molecule has 132 valence electrons. The van der Waals surface area contributed by atoms with Gasteiger partial charge in [0.25, 0.3) is 5.91 Å². The molecule has 0 aliphatic carbocycles. The molecule has 1 N–H and O–H groups in total. The van der Waals surface area contributed by atoms with Crippen LogP contribution >= 0.6 is 15.9 Å². The van der Waals surface area contributed by atoms with Crippen molar-refractivity contribution >= 4 is 27.5 Å². The number of carbonyl (C=O) groups excluding carboxylic acids is 1. The molecule has 0 saturated heterocycles. The van der Waals surface area contributed by atoms with Gasteiger partial charge in [-0.15, -0.1) is 0 Å². The molecule has 0 radical (unpaired) electrons. The number of amides is 1. The number of alkyl halides is 3. The fourth-order valence-corrected chi connectivity index (χ4v) is 2.58. The number of nitrogens with zero attached hydrogens (tertiary/aromatic N) is 1. The van der Waals surface area contributed by atoms with Crippen molar-refractivity contribution < 1.29 is 18.0 Å². The van der Waals surface area contributed by atoms with Gasteiger partial charge in [-0.2, -0.15) is 18.3 Å². The molecular weight excluding hydrogens is 397 g/mol. The number of halogens is 4. The van der Waals surface area contributed by atoms with Gasteiger partial charge in [0.1, 0.15) is 0 Å². The first kappa shape index (κ1) is 19.2. The van der Waals surface area contributed by atoms with Crippen LogP contribution in [0.4, 0.5) is 13.2 Å². The summed E-state index contributed by atoms with van der Waals surface area (Å²) in [6.07, 6.45) is -3.02. The lowest BCUT2D eigenvalue weighted by Gasteiger charge is -2.07. The molecule has 2 aromatic rings. The zero-order chi connectivity index (χ0) is 18.4. The van der Waals surface area contributed by atoms with Gasteiger partial charge in [-0.3, -0.25) is 4.79 Å². The molecule has 0 spiro atoms. The molecule has 2 rings (SSSR count). The molecule has 0 heterocycles. The minimum Gasteiger partial charge on any atom is -0.267 e. The highest BCUT2D eigenvalue weighted by Gasteiger charge is 2.30. The lowest BCUT2D eigenvalue weighted by Crippen LogP contribution is -2.19. The summed E-state index contributed by atoms with van der Waals surface area (Å²) in [5.41, 5.74) is 3.54. The molecule has 0 bridgehead atoms. The van der Waals surface area contributed by atoms with E-state index in [1.165, 1.54) is 0 Å². The van der Waals surface area contributed by atoms with E-state index in [1.807, 2.05) is 24.3 Å². The molecule has 0 aromatic heterocycles. The summed E-state index contributed by atoms with van der Waals surface area (Å²) in [6.45, 7) is 1.78. The van der Waals surface area contributed by atoms with E-state index in [9.17, 15) is 18.0 Å². The second-order valence-electron chi connectivity index (χ2n) is 5.45. The van der Waals surface area contributed by atoms with E-state index in [0.717, 1.165) is 46.4 Å². The zero-order valence-electron chi connectivity index (χ0n) is 13.4. The van der Waals surface area contributed by atoms with Crippen molar-refractivity contribution in [1.29, 1.82) is 0 Å². The van der Waals surface area contributed by atoms with Crippen LogP contribution in [0.2, 0.25) is 0 Å². The van der Waals surface area contributed by atoms with Gasteiger partial charge >= 0.3 is 6.18 Å². The third-order valence-corrected chi connectivity index (χ3v) is 4.31. The van der Waals surface area contributed by atoms with Gasteiger partial charge in [0.2, 0.25) is 0 Å². The molecule has 7 heteroatoms. The van der Waals surface area contributed by atoms with Crippen LogP contribution in [0.15, 0.2) is 58.1 Å². The number of benzene rings is 2. The van der Waals surface area contributed by atoms with Crippen LogP contribution in [0.3, 0.4) is 0 Å². The molecule has 0 fully saturated rings. The maximum atomic E-state index is 12.5. The van der Waals surface area contributed by atoms with Crippen LogP contribution in [0.1, 0.15) is 34.8 Å². The van der Waals surface area contributed by atoms with Crippen LogP contribution in [0.25, 0.3) is 0 Å². The second kappa shape index (κ2) is 8.29. The Bertz CT molecular complexity index is 771. The number of carbonyl (C=O) groups is 1. The van der Waals surface area contributed by atoms with E-state index in [0.29, 0.717) is 6.42 Å². The standard InChI is InChI=1S/C18H16BrF3N2O/c1-12(6-7-13-4-2-3-5-16(13)19)23-24-17(25)14-8-10-15(11-9-14)18(20,21)22/h2-5,8-11H,6-7H2,1H3,(H,24,25)/b23-12+. The molecule has 2 aromatic carbocycles. The fourth-order valence-electron chi connectivity index (χ4n) is 2.09. The quantitative estimate of drug-likeness (QED) is 0.531. The number of nitrogens with one attached hydrogen (secondary N) is 1. The van der Waals surface area contributed by atoms with E-state index >= 15 is 0 Å². The highest BCUT2D eigenvalue weighted by molar-refractivity contribution is 9.10. The van der Waals surface area contributed by atoms with Gasteiger partial charge in [-0.1, -0.05) is 34.1 Å². The molecule has 1 amide bonds. The minimum atomic E-state index is -4.42. The van der Waals surface area contributed by atoms with E-state index in [2.05, 4.69) is 26.5 Å². The molecule has 0 aliphatic rings. The van der Waals surface area contributed by atoms with Crippen LogP contribution < -0.4 is 5.43 Å². The second-order valence-corrected chi connectivity index (χ2v) is 6.31. The van der Waals surface area contributed by atoms with E-state index in [1.54, 1.807) is 6.92 Å². The van der Waals surface area contributed by atoms with Gasteiger partial charge in [0.15, 0.2) is 0 Å². The van der Waals surface area contributed by atoms with Crippen LogP contribution in [-0.2, 0) is 12.6 Å². The topological polar surface area (TPSA) is 41.5 Å². The van der Waals surface area contributed by atoms with Gasteiger partial charge in [0.05, 0.1) is 5.56 Å². The monoisotopic (exact) mass is 412 g/mol. The third-order valence-electron chi connectivity index (χ3n) is 3.54. The normalized spacial score (nSPS) is 12.1. The van der Waals surface area contributed by atoms with Crippen molar-refractivity contribution in [2.24, 2.45) is 5.10 Å². The number of rotatable bonds is 5. The highest BCUT2D eigenvalue weighted by atomic mass is 79.9. The first-order valence-electron chi connectivity index (χ1n) is 7.51. The first-order chi connectivity index (χ1) is 11.8. The van der Waals surface area contributed by atoms with Gasteiger partial charge in [0, 0.05) is 15.7 Å². The molecule has 3 nitrogen and oxygen atoms in total. The fraction of sp³-hybridized carbons (Fsp3) is 0.222. The van der Waals surface area contributed by atoms with Crippen molar-refractivity contribution in [1.82, 2.24) is 5.43 Å². The predicted molar refractivity (Wildman–Crippen MR) is 94.5 cm³/mol. The third kappa shape index (κ3) is 5.70. The first-order valence-corrected chi connectivity index (χ1v) is 8.31. The lowest BCUT2D eigenvalue weighted by molar-refractivity contribution is -0.137. The van der Waals surface area contributed by atoms with Crippen molar-refractivity contribution in [2.75, 3.05) is 0 Å². The Kier molecular flexibility index (Phi) is 6.36. The smallest absolute Gasteiger partial charge is 0.267 e. The largest absolute Gasteiger partial charge is 0.416 e. The minimum absolute atomic E-state index is 0.121. The number of hydrogen-bond acceptors (Lipinski definition) is 2. The molecule has 25 heavy (non-hydrogen) atoms. The molecular formula is C18H16BrF3N2O. The van der Waals surface area contributed by atoms with E-state index < -0.39 is 17.6 Å². The summed E-state index contributed by atoms with van der Waals surface area (Å²) in [5, 5.41) is 4.00. The molecule has 0 atom stereocenters. The Morgan fingerprint density at radius 1 is 1.12 bits per heavy atom. The van der Waals surface area contributed by atoms with Crippen molar-refractivity contribution in [3.05, 3.63) is 69.7 Å².